The number of likely N-dealkylation sites (tertiary alicyclic amines) is 1. The van der Waals surface area contributed by atoms with Crippen LogP contribution < -0.4 is 0 Å². The predicted molar refractivity (Wildman–Crippen MR) is 120 cm³/mol. The van der Waals surface area contributed by atoms with Gasteiger partial charge in [-0.05, 0) is 48.9 Å². The summed E-state index contributed by atoms with van der Waals surface area (Å²) in [6.07, 6.45) is 5.20. The van der Waals surface area contributed by atoms with Gasteiger partial charge in [0, 0.05) is 31.6 Å². The van der Waals surface area contributed by atoms with Gasteiger partial charge in [-0.15, -0.1) is 0 Å². The van der Waals surface area contributed by atoms with E-state index in [1.165, 1.54) is 0 Å². The molecule has 0 radical (unpaired) electrons. The standard InChI is InChI=1S/C24H29ClN4O2/c1-16(2)10-20-13-22(28(3)27-20)24(30)29-9-5-7-18(15-29)23-26-14-21(31-23)12-17-6-4-8-19(25)11-17/h4,6,8,11,13-14,16,18H,5,7,9-10,12,15H2,1-3H3/t18-/m0/s1. The zero-order valence-corrected chi connectivity index (χ0v) is 19.1. The van der Waals surface area contributed by atoms with E-state index in [-0.39, 0.29) is 11.8 Å². The molecule has 3 aromatic rings. The van der Waals surface area contributed by atoms with Gasteiger partial charge in [-0.1, -0.05) is 37.6 Å². The Kier molecular flexibility index (Phi) is 6.46. The number of aromatic nitrogens is 3. The molecule has 1 aliphatic heterocycles. The van der Waals surface area contributed by atoms with Gasteiger partial charge in [0.2, 0.25) is 0 Å². The molecular weight excluding hydrogens is 412 g/mol. The number of halogens is 1. The van der Waals surface area contributed by atoms with Gasteiger partial charge in [0.05, 0.1) is 17.8 Å². The summed E-state index contributed by atoms with van der Waals surface area (Å²) in [7, 11) is 1.84. The largest absolute Gasteiger partial charge is 0.445 e. The van der Waals surface area contributed by atoms with E-state index in [9.17, 15) is 4.79 Å². The zero-order valence-electron chi connectivity index (χ0n) is 18.3. The number of benzene rings is 1. The molecule has 1 atom stereocenters. The predicted octanol–water partition coefficient (Wildman–Crippen LogP) is 4.87. The SMILES string of the molecule is CC(C)Cc1cc(C(=O)N2CCC[C@H](c3ncc(Cc4cccc(Cl)c4)o3)C2)n(C)n1. The summed E-state index contributed by atoms with van der Waals surface area (Å²) in [5.41, 5.74) is 2.70. The first-order valence-corrected chi connectivity index (χ1v) is 11.3. The molecular formula is C24H29ClN4O2. The van der Waals surface area contributed by atoms with Gasteiger partial charge < -0.3 is 9.32 Å². The van der Waals surface area contributed by atoms with Crippen LogP contribution in [0.3, 0.4) is 0 Å². The van der Waals surface area contributed by atoms with Crippen LogP contribution in [0.25, 0.3) is 0 Å². The number of aryl methyl sites for hydroxylation is 1. The Morgan fingerprint density at radius 2 is 2.16 bits per heavy atom. The third kappa shape index (κ3) is 5.18. The summed E-state index contributed by atoms with van der Waals surface area (Å²) in [6, 6.07) is 9.69. The quantitative estimate of drug-likeness (QED) is 0.548. The molecule has 1 saturated heterocycles. The molecule has 0 bridgehead atoms. The number of carbonyl (C=O) groups is 1. The number of hydrogen-bond acceptors (Lipinski definition) is 4. The second-order valence-corrected chi connectivity index (χ2v) is 9.24. The Morgan fingerprint density at radius 3 is 2.94 bits per heavy atom. The number of amides is 1. The molecule has 0 spiro atoms. The van der Waals surface area contributed by atoms with Crippen molar-refractivity contribution in [2.24, 2.45) is 13.0 Å². The van der Waals surface area contributed by atoms with E-state index in [2.05, 4.69) is 23.9 Å². The van der Waals surface area contributed by atoms with E-state index in [1.807, 2.05) is 42.3 Å². The molecule has 0 aliphatic carbocycles. The van der Waals surface area contributed by atoms with Crippen molar-refractivity contribution in [3.63, 3.8) is 0 Å². The number of carbonyl (C=O) groups excluding carboxylic acids is 1. The van der Waals surface area contributed by atoms with Crippen LogP contribution in [-0.4, -0.2) is 38.7 Å². The topological polar surface area (TPSA) is 64.2 Å². The van der Waals surface area contributed by atoms with E-state index in [1.54, 1.807) is 10.9 Å². The van der Waals surface area contributed by atoms with Gasteiger partial charge >= 0.3 is 0 Å². The highest BCUT2D eigenvalue weighted by Gasteiger charge is 2.30. The molecule has 1 aliphatic rings. The van der Waals surface area contributed by atoms with E-state index < -0.39 is 0 Å². The summed E-state index contributed by atoms with van der Waals surface area (Å²) in [5.74, 6) is 2.16. The monoisotopic (exact) mass is 440 g/mol. The second-order valence-electron chi connectivity index (χ2n) is 8.80. The molecule has 7 heteroatoms. The van der Waals surface area contributed by atoms with Crippen molar-refractivity contribution in [1.29, 1.82) is 0 Å². The van der Waals surface area contributed by atoms with E-state index >= 15 is 0 Å². The van der Waals surface area contributed by atoms with Gasteiger partial charge in [0.25, 0.3) is 5.91 Å². The molecule has 0 N–H and O–H groups in total. The van der Waals surface area contributed by atoms with E-state index in [0.717, 1.165) is 42.8 Å². The van der Waals surface area contributed by atoms with Crippen molar-refractivity contribution in [2.45, 2.75) is 45.4 Å². The Balaban J connectivity index is 1.43. The number of hydrogen-bond donors (Lipinski definition) is 0. The van der Waals surface area contributed by atoms with Gasteiger partial charge in [0.15, 0.2) is 5.89 Å². The minimum absolute atomic E-state index is 0.0282. The summed E-state index contributed by atoms with van der Waals surface area (Å²) in [5, 5.41) is 5.24. The number of oxazole rings is 1. The first kappa shape index (κ1) is 21.6. The number of piperidine rings is 1. The molecule has 164 valence electrons. The lowest BCUT2D eigenvalue weighted by Gasteiger charge is -2.31. The van der Waals surface area contributed by atoms with Crippen molar-refractivity contribution in [3.05, 3.63) is 70.2 Å². The third-order valence-corrected chi connectivity index (χ3v) is 5.90. The molecule has 6 nitrogen and oxygen atoms in total. The molecule has 1 aromatic carbocycles. The highest BCUT2D eigenvalue weighted by Crippen LogP contribution is 2.28. The maximum atomic E-state index is 13.2. The third-order valence-electron chi connectivity index (χ3n) is 5.66. The second kappa shape index (κ2) is 9.27. The van der Waals surface area contributed by atoms with Crippen molar-refractivity contribution in [1.82, 2.24) is 19.7 Å². The van der Waals surface area contributed by atoms with Crippen LogP contribution in [0.2, 0.25) is 5.02 Å². The average Bonchev–Trinajstić information content (AvgIpc) is 3.33. The first-order valence-electron chi connectivity index (χ1n) is 10.9. The van der Waals surface area contributed by atoms with E-state index in [4.69, 9.17) is 16.0 Å². The Bertz CT molecular complexity index is 1060. The maximum absolute atomic E-state index is 13.2. The van der Waals surface area contributed by atoms with Crippen molar-refractivity contribution < 1.29 is 9.21 Å². The first-order chi connectivity index (χ1) is 14.9. The van der Waals surface area contributed by atoms with Crippen LogP contribution in [0.5, 0.6) is 0 Å². The molecule has 31 heavy (non-hydrogen) atoms. The number of nitrogens with zero attached hydrogens (tertiary/aromatic N) is 4. The molecule has 4 rings (SSSR count). The van der Waals surface area contributed by atoms with Gasteiger partial charge in [-0.3, -0.25) is 9.48 Å². The molecule has 1 fully saturated rings. The minimum Gasteiger partial charge on any atom is -0.445 e. The highest BCUT2D eigenvalue weighted by atomic mass is 35.5. The zero-order chi connectivity index (χ0) is 22.0. The van der Waals surface area contributed by atoms with Gasteiger partial charge in [-0.2, -0.15) is 5.10 Å². The fourth-order valence-corrected chi connectivity index (χ4v) is 4.42. The average molecular weight is 441 g/mol. The summed E-state index contributed by atoms with van der Waals surface area (Å²) >= 11 is 6.08. The van der Waals surface area contributed by atoms with Gasteiger partial charge in [0.1, 0.15) is 11.5 Å². The van der Waals surface area contributed by atoms with Crippen molar-refractivity contribution in [2.75, 3.05) is 13.1 Å². The Labute approximate surface area is 188 Å². The lowest BCUT2D eigenvalue weighted by Crippen LogP contribution is -2.40. The Hall–Kier alpha value is -2.60. The molecule has 3 heterocycles. The lowest BCUT2D eigenvalue weighted by atomic mass is 9.97. The van der Waals surface area contributed by atoms with Crippen LogP contribution in [0.1, 0.15) is 66.0 Å². The lowest BCUT2D eigenvalue weighted by molar-refractivity contribution is 0.0686. The molecule has 0 saturated carbocycles. The summed E-state index contributed by atoms with van der Waals surface area (Å²) in [6.45, 7) is 5.67. The maximum Gasteiger partial charge on any atom is 0.272 e. The summed E-state index contributed by atoms with van der Waals surface area (Å²) < 4.78 is 7.77. The highest BCUT2D eigenvalue weighted by molar-refractivity contribution is 6.30. The van der Waals surface area contributed by atoms with Crippen LogP contribution in [0.15, 0.2) is 40.9 Å². The Morgan fingerprint density at radius 1 is 1.32 bits per heavy atom. The van der Waals surface area contributed by atoms with Crippen molar-refractivity contribution in [3.8, 4) is 0 Å². The molecule has 0 unspecified atom stereocenters. The van der Waals surface area contributed by atoms with Crippen molar-refractivity contribution >= 4 is 17.5 Å². The van der Waals surface area contributed by atoms with Crippen LogP contribution in [-0.2, 0) is 19.9 Å². The molecule has 1 amide bonds. The van der Waals surface area contributed by atoms with Gasteiger partial charge in [-0.25, -0.2) is 4.98 Å². The van der Waals surface area contributed by atoms with Crippen LogP contribution in [0, 0.1) is 5.92 Å². The fraction of sp³-hybridized carbons (Fsp3) is 0.458. The van der Waals surface area contributed by atoms with Crippen LogP contribution in [0.4, 0.5) is 0 Å². The fourth-order valence-electron chi connectivity index (χ4n) is 4.21. The van der Waals surface area contributed by atoms with Crippen LogP contribution >= 0.6 is 11.6 Å². The minimum atomic E-state index is 0.0282. The molecule has 2 aromatic heterocycles. The van der Waals surface area contributed by atoms with E-state index in [0.29, 0.717) is 35.5 Å². The number of rotatable bonds is 6. The smallest absolute Gasteiger partial charge is 0.272 e. The normalized spacial score (nSPS) is 16.8. The summed E-state index contributed by atoms with van der Waals surface area (Å²) in [4.78, 5) is 19.6.